The molecule has 0 fully saturated rings. The number of benzene rings is 1. The minimum atomic E-state index is -0.966. The van der Waals surface area contributed by atoms with Gasteiger partial charge in [-0.3, -0.25) is 9.69 Å². The molecule has 0 aliphatic heterocycles. The minimum Gasteiger partial charge on any atom is -0.494 e. The normalized spacial score (nSPS) is 12.6. The molecule has 0 aliphatic carbocycles. The van der Waals surface area contributed by atoms with Crippen molar-refractivity contribution in [2.75, 3.05) is 13.2 Å². The number of amides is 2. The van der Waals surface area contributed by atoms with Gasteiger partial charge in [0.1, 0.15) is 22.5 Å². The van der Waals surface area contributed by atoms with Crippen molar-refractivity contribution < 1.29 is 24.1 Å². The van der Waals surface area contributed by atoms with Crippen molar-refractivity contribution in [3.63, 3.8) is 0 Å². The second-order valence-electron chi connectivity index (χ2n) is 7.90. The number of ether oxygens (including phenoxy) is 2. The van der Waals surface area contributed by atoms with Crippen LogP contribution in [0.2, 0.25) is 0 Å². The highest BCUT2D eigenvalue weighted by Gasteiger charge is 2.31. The molecule has 0 aromatic heterocycles. The van der Waals surface area contributed by atoms with Gasteiger partial charge in [-0.15, -0.1) is 0 Å². The number of hydrogen-bond donors (Lipinski definition) is 3. The van der Waals surface area contributed by atoms with E-state index >= 15 is 0 Å². The summed E-state index contributed by atoms with van der Waals surface area (Å²) in [4.78, 5) is 36.7. The van der Waals surface area contributed by atoms with E-state index in [9.17, 15) is 19.7 Å². The van der Waals surface area contributed by atoms with Crippen LogP contribution in [0.15, 0.2) is 29.4 Å². The zero-order valence-corrected chi connectivity index (χ0v) is 18.9. The average molecular weight is 453 g/mol. The van der Waals surface area contributed by atoms with E-state index in [4.69, 9.17) is 20.9 Å². The van der Waals surface area contributed by atoms with E-state index in [1.165, 1.54) is 4.90 Å². The first-order chi connectivity index (χ1) is 14.9. The summed E-state index contributed by atoms with van der Waals surface area (Å²) >= 11 is 0. The van der Waals surface area contributed by atoms with Gasteiger partial charge in [0.25, 0.3) is 5.96 Å². The molecule has 0 spiro atoms. The summed E-state index contributed by atoms with van der Waals surface area (Å²) in [6.07, 6.45) is -0.161. The van der Waals surface area contributed by atoms with Crippen molar-refractivity contribution in [1.29, 1.82) is 0 Å². The van der Waals surface area contributed by atoms with E-state index in [0.29, 0.717) is 18.8 Å². The highest BCUT2D eigenvalue weighted by Crippen LogP contribution is 2.19. The lowest BCUT2D eigenvalue weighted by atomic mass is 10.1. The van der Waals surface area contributed by atoms with E-state index in [0.717, 1.165) is 5.56 Å². The summed E-state index contributed by atoms with van der Waals surface area (Å²) in [6.45, 7) is 7.85. The number of nitrogens with two attached hydrogens (primary N) is 2. The van der Waals surface area contributed by atoms with Gasteiger partial charge in [0, 0.05) is 13.1 Å². The Kier molecular flexibility index (Phi) is 10.2. The molecule has 1 atom stereocenters. The van der Waals surface area contributed by atoms with Gasteiger partial charge in [-0.25, -0.2) is 14.9 Å². The van der Waals surface area contributed by atoms with Crippen LogP contribution in [0, 0.1) is 10.1 Å². The highest BCUT2D eigenvalue weighted by atomic mass is 16.7. The predicted molar refractivity (Wildman–Crippen MR) is 118 cm³/mol. The van der Waals surface area contributed by atoms with Crippen molar-refractivity contribution in [2.45, 2.75) is 58.7 Å². The lowest BCUT2D eigenvalue weighted by Crippen LogP contribution is -2.49. The van der Waals surface area contributed by atoms with Crippen LogP contribution in [-0.2, 0) is 16.1 Å². The second kappa shape index (κ2) is 12.3. The summed E-state index contributed by atoms with van der Waals surface area (Å²) < 4.78 is 10.9. The number of primary amides is 1. The van der Waals surface area contributed by atoms with E-state index in [1.54, 1.807) is 45.0 Å². The molecule has 178 valence electrons. The number of carbonyl (C=O) groups is 2. The maximum absolute atomic E-state index is 12.9. The molecule has 0 saturated carbocycles. The van der Waals surface area contributed by atoms with Crippen molar-refractivity contribution in [3.8, 4) is 5.75 Å². The minimum absolute atomic E-state index is 0.0906. The van der Waals surface area contributed by atoms with Crippen LogP contribution < -0.4 is 21.5 Å². The molecule has 0 saturated heterocycles. The Hall–Kier alpha value is -3.57. The second-order valence-corrected chi connectivity index (χ2v) is 7.90. The molecule has 1 aromatic rings. The first kappa shape index (κ1) is 26.5. The molecule has 0 aliphatic rings. The molecule has 5 N–H and O–H groups in total. The van der Waals surface area contributed by atoms with Gasteiger partial charge in [-0.1, -0.05) is 12.1 Å². The monoisotopic (exact) mass is 452 g/mol. The standard InChI is InChI=1S/C20H32N6O6/c1-5-31-15-10-8-14(9-11-15)13-25(19(28)32-20(2,3)4)16(17(21)27)7-6-12-23-18(22)24-26(29)30/h8-11,16H,5-7,12-13H2,1-4H3,(H2,21,27)(H3,22,23,24)/t16-/m1/s1. The summed E-state index contributed by atoms with van der Waals surface area (Å²) in [7, 11) is 0. The van der Waals surface area contributed by atoms with E-state index in [1.807, 2.05) is 6.92 Å². The van der Waals surface area contributed by atoms with Crippen molar-refractivity contribution >= 4 is 18.0 Å². The van der Waals surface area contributed by atoms with Crippen LogP contribution in [0.3, 0.4) is 0 Å². The maximum Gasteiger partial charge on any atom is 0.411 e. The Balaban J connectivity index is 2.97. The topological polar surface area (TPSA) is 175 Å². The fraction of sp³-hybridized carbons (Fsp3) is 0.550. The number of rotatable bonds is 11. The van der Waals surface area contributed by atoms with E-state index in [-0.39, 0.29) is 25.5 Å². The number of nitrogens with one attached hydrogen (secondary N) is 1. The lowest BCUT2D eigenvalue weighted by molar-refractivity contribution is -0.485. The Morgan fingerprint density at radius 1 is 1.25 bits per heavy atom. The van der Waals surface area contributed by atoms with Gasteiger partial charge in [0.15, 0.2) is 5.03 Å². The largest absolute Gasteiger partial charge is 0.494 e. The van der Waals surface area contributed by atoms with Gasteiger partial charge in [0.05, 0.1) is 6.61 Å². The fourth-order valence-electron chi connectivity index (χ4n) is 2.76. The van der Waals surface area contributed by atoms with Crippen molar-refractivity contribution in [1.82, 2.24) is 10.2 Å². The zero-order chi connectivity index (χ0) is 24.3. The first-order valence-electron chi connectivity index (χ1n) is 10.2. The van der Waals surface area contributed by atoms with Gasteiger partial charge < -0.3 is 26.3 Å². The Labute approximate surface area is 187 Å². The number of nitrogens with zero attached hydrogens (tertiary/aromatic N) is 3. The number of hydrazone groups is 1. The van der Waals surface area contributed by atoms with Gasteiger partial charge in [-0.2, -0.15) is 0 Å². The fourth-order valence-corrected chi connectivity index (χ4v) is 2.76. The molecule has 0 heterocycles. The molecule has 0 radical (unpaired) electrons. The summed E-state index contributed by atoms with van der Waals surface area (Å²) in [6, 6.07) is 6.15. The van der Waals surface area contributed by atoms with Crippen LogP contribution in [0.5, 0.6) is 5.75 Å². The van der Waals surface area contributed by atoms with Gasteiger partial charge in [0.2, 0.25) is 5.91 Å². The van der Waals surface area contributed by atoms with E-state index in [2.05, 4.69) is 10.4 Å². The predicted octanol–water partition coefficient (Wildman–Crippen LogP) is 1.55. The Bertz CT molecular complexity index is 806. The smallest absolute Gasteiger partial charge is 0.411 e. The molecule has 0 unspecified atom stereocenters. The first-order valence-corrected chi connectivity index (χ1v) is 10.2. The highest BCUT2D eigenvalue weighted by molar-refractivity contribution is 5.84. The molecular formula is C20H32N6O6. The van der Waals surface area contributed by atoms with Crippen LogP contribution in [-0.4, -0.2) is 52.7 Å². The van der Waals surface area contributed by atoms with Crippen LogP contribution in [0.4, 0.5) is 4.79 Å². The summed E-state index contributed by atoms with van der Waals surface area (Å²) in [5.41, 5.74) is 11.0. The van der Waals surface area contributed by atoms with Crippen LogP contribution in [0.25, 0.3) is 0 Å². The molecule has 1 rings (SSSR count). The molecule has 1 aromatic carbocycles. The average Bonchev–Trinajstić information content (AvgIpc) is 2.66. The molecular weight excluding hydrogens is 420 g/mol. The number of guanidine groups is 1. The third kappa shape index (κ3) is 9.96. The van der Waals surface area contributed by atoms with Crippen LogP contribution in [0.1, 0.15) is 46.1 Å². The molecule has 12 heteroatoms. The zero-order valence-electron chi connectivity index (χ0n) is 18.9. The number of hydrogen-bond acceptors (Lipinski definition) is 6. The third-order valence-corrected chi connectivity index (χ3v) is 4.07. The van der Waals surface area contributed by atoms with Gasteiger partial charge in [-0.05, 0) is 58.2 Å². The molecule has 0 bridgehead atoms. The quantitative estimate of drug-likeness (QED) is 0.149. The Morgan fingerprint density at radius 3 is 2.38 bits per heavy atom. The molecule has 2 amide bonds. The summed E-state index contributed by atoms with van der Waals surface area (Å²) in [5.74, 6) is -0.371. The SMILES string of the molecule is CCOc1ccc(CN(C(=O)OC(C)(C)C)[C@H](CCCNC(N)=N[N+](=O)[O-])C(N)=O)cc1. The van der Waals surface area contributed by atoms with Gasteiger partial charge >= 0.3 is 6.09 Å². The maximum atomic E-state index is 12.9. The molecule has 12 nitrogen and oxygen atoms in total. The van der Waals surface area contributed by atoms with E-state index < -0.39 is 28.7 Å². The molecule has 32 heavy (non-hydrogen) atoms. The lowest BCUT2D eigenvalue weighted by Gasteiger charge is -2.32. The third-order valence-electron chi connectivity index (χ3n) is 4.07. The summed E-state index contributed by atoms with van der Waals surface area (Å²) in [5, 5.41) is 14.9. The van der Waals surface area contributed by atoms with Crippen molar-refractivity contribution in [3.05, 3.63) is 39.9 Å². The van der Waals surface area contributed by atoms with Crippen LogP contribution >= 0.6 is 0 Å². The Morgan fingerprint density at radius 2 is 1.88 bits per heavy atom. The number of carbonyl (C=O) groups excluding carboxylic acids is 2. The number of nitro groups is 1. The van der Waals surface area contributed by atoms with Crippen molar-refractivity contribution in [2.24, 2.45) is 16.6 Å².